The SMILES string of the molecule is CCN(CC(=O)NC(C)C)C(=O)CC1(CN)CCC1. The highest BCUT2D eigenvalue weighted by molar-refractivity contribution is 5.85. The van der Waals surface area contributed by atoms with Crippen LogP contribution in [0.15, 0.2) is 0 Å². The number of carbonyl (C=O) groups excluding carboxylic acids is 2. The molecule has 0 bridgehead atoms. The fourth-order valence-electron chi connectivity index (χ4n) is 2.48. The van der Waals surface area contributed by atoms with Crippen molar-refractivity contribution in [1.82, 2.24) is 10.2 Å². The average molecular weight is 269 g/mol. The van der Waals surface area contributed by atoms with E-state index in [1.165, 1.54) is 0 Å². The molecule has 0 aromatic heterocycles. The quantitative estimate of drug-likeness (QED) is 0.720. The van der Waals surface area contributed by atoms with Gasteiger partial charge in [0.2, 0.25) is 11.8 Å². The number of carbonyl (C=O) groups is 2. The summed E-state index contributed by atoms with van der Waals surface area (Å²) in [5.41, 5.74) is 5.77. The lowest BCUT2D eigenvalue weighted by Crippen LogP contribution is -2.46. The third kappa shape index (κ3) is 4.49. The molecule has 0 saturated heterocycles. The van der Waals surface area contributed by atoms with Gasteiger partial charge in [0.15, 0.2) is 0 Å². The van der Waals surface area contributed by atoms with E-state index in [-0.39, 0.29) is 29.8 Å². The summed E-state index contributed by atoms with van der Waals surface area (Å²) in [6.45, 7) is 6.99. The summed E-state index contributed by atoms with van der Waals surface area (Å²) < 4.78 is 0. The molecule has 0 atom stereocenters. The Balaban J connectivity index is 2.49. The maximum atomic E-state index is 12.3. The van der Waals surface area contributed by atoms with Crippen LogP contribution in [0.2, 0.25) is 0 Å². The van der Waals surface area contributed by atoms with Crippen LogP contribution in [0, 0.1) is 5.41 Å². The molecule has 1 aliphatic carbocycles. The lowest BCUT2D eigenvalue weighted by molar-refractivity contribution is -0.139. The molecular weight excluding hydrogens is 242 g/mol. The Morgan fingerprint density at radius 3 is 2.37 bits per heavy atom. The van der Waals surface area contributed by atoms with Gasteiger partial charge in [-0.15, -0.1) is 0 Å². The summed E-state index contributed by atoms with van der Waals surface area (Å²) in [5, 5.41) is 2.81. The minimum absolute atomic E-state index is 0.000965. The van der Waals surface area contributed by atoms with Crippen LogP contribution in [0.3, 0.4) is 0 Å². The van der Waals surface area contributed by atoms with Gasteiger partial charge in [0.1, 0.15) is 0 Å². The van der Waals surface area contributed by atoms with Crippen LogP contribution >= 0.6 is 0 Å². The Kier molecular flexibility index (Phi) is 5.79. The van der Waals surface area contributed by atoms with Crippen molar-refractivity contribution < 1.29 is 9.59 Å². The number of hydrogen-bond donors (Lipinski definition) is 2. The molecule has 2 amide bonds. The van der Waals surface area contributed by atoms with Crippen LogP contribution in [-0.2, 0) is 9.59 Å². The van der Waals surface area contributed by atoms with E-state index in [4.69, 9.17) is 5.73 Å². The van der Waals surface area contributed by atoms with Gasteiger partial charge in [0, 0.05) is 19.0 Å². The van der Waals surface area contributed by atoms with Crippen molar-refractivity contribution >= 4 is 11.8 Å². The zero-order valence-corrected chi connectivity index (χ0v) is 12.4. The van der Waals surface area contributed by atoms with Gasteiger partial charge in [-0.25, -0.2) is 0 Å². The highest BCUT2D eigenvalue weighted by atomic mass is 16.2. The lowest BCUT2D eigenvalue weighted by Gasteiger charge is -2.41. The van der Waals surface area contributed by atoms with E-state index in [1.54, 1.807) is 4.90 Å². The van der Waals surface area contributed by atoms with E-state index >= 15 is 0 Å². The highest BCUT2D eigenvalue weighted by Crippen LogP contribution is 2.43. The van der Waals surface area contributed by atoms with Crippen molar-refractivity contribution in [2.24, 2.45) is 11.1 Å². The van der Waals surface area contributed by atoms with Crippen LogP contribution in [-0.4, -0.2) is 42.4 Å². The summed E-state index contributed by atoms with van der Waals surface area (Å²) in [7, 11) is 0. The molecular formula is C14H27N3O2. The second-order valence-corrected chi connectivity index (χ2v) is 5.86. The predicted molar refractivity (Wildman–Crippen MR) is 75.5 cm³/mol. The van der Waals surface area contributed by atoms with Gasteiger partial charge in [-0.1, -0.05) is 6.42 Å². The second kappa shape index (κ2) is 6.89. The van der Waals surface area contributed by atoms with Crippen molar-refractivity contribution in [1.29, 1.82) is 0 Å². The lowest BCUT2D eigenvalue weighted by atomic mass is 9.66. The van der Waals surface area contributed by atoms with Crippen LogP contribution in [0.5, 0.6) is 0 Å². The Morgan fingerprint density at radius 2 is 2.00 bits per heavy atom. The van der Waals surface area contributed by atoms with Gasteiger partial charge < -0.3 is 16.0 Å². The molecule has 0 unspecified atom stereocenters. The largest absolute Gasteiger partial charge is 0.352 e. The van der Waals surface area contributed by atoms with Crippen LogP contribution in [0.1, 0.15) is 46.5 Å². The Labute approximate surface area is 115 Å². The first-order chi connectivity index (χ1) is 8.92. The molecule has 0 aromatic carbocycles. The molecule has 0 aromatic rings. The van der Waals surface area contributed by atoms with Gasteiger partial charge in [-0.3, -0.25) is 9.59 Å². The summed E-state index contributed by atoms with van der Waals surface area (Å²) in [6.07, 6.45) is 3.70. The maximum absolute atomic E-state index is 12.3. The van der Waals surface area contributed by atoms with E-state index in [0.29, 0.717) is 19.5 Å². The van der Waals surface area contributed by atoms with Crippen molar-refractivity contribution in [3.05, 3.63) is 0 Å². The van der Waals surface area contributed by atoms with Gasteiger partial charge in [-0.05, 0) is 45.6 Å². The van der Waals surface area contributed by atoms with E-state index in [1.807, 2.05) is 20.8 Å². The first-order valence-electron chi connectivity index (χ1n) is 7.19. The maximum Gasteiger partial charge on any atom is 0.239 e. The topological polar surface area (TPSA) is 75.4 Å². The van der Waals surface area contributed by atoms with Gasteiger partial charge >= 0.3 is 0 Å². The summed E-state index contributed by atoms with van der Waals surface area (Å²) in [6, 6.07) is 0.100. The number of nitrogens with two attached hydrogens (primary N) is 1. The number of amides is 2. The number of likely N-dealkylation sites (N-methyl/N-ethyl adjacent to an activating group) is 1. The smallest absolute Gasteiger partial charge is 0.239 e. The molecule has 0 spiro atoms. The van der Waals surface area contributed by atoms with E-state index in [0.717, 1.165) is 19.3 Å². The standard InChI is InChI=1S/C14H27N3O2/c1-4-17(9-12(18)16-11(2)3)13(19)8-14(10-15)6-5-7-14/h11H,4-10,15H2,1-3H3,(H,16,18). The molecule has 19 heavy (non-hydrogen) atoms. The number of nitrogens with one attached hydrogen (secondary N) is 1. The molecule has 0 radical (unpaired) electrons. The zero-order valence-electron chi connectivity index (χ0n) is 12.4. The third-order valence-corrected chi connectivity index (χ3v) is 3.89. The van der Waals surface area contributed by atoms with Crippen molar-refractivity contribution in [3.63, 3.8) is 0 Å². The molecule has 1 saturated carbocycles. The molecule has 1 fully saturated rings. The number of rotatable bonds is 7. The first kappa shape index (κ1) is 16.0. The van der Waals surface area contributed by atoms with E-state index in [2.05, 4.69) is 5.32 Å². The van der Waals surface area contributed by atoms with Crippen LogP contribution in [0.4, 0.5) is 0 Å². The summed E-state index contributed by atoms with van der Waals surface area (Å²) >= 11 is 0. The molecule has 5 nitrogen and oxygen atoms in total. The van der Waals surface area contributed by atoms with Gasteiger partial charge in [-0.2, -0.15) is 0 Å². The van der Waals surface area contributed by atoms with E-state index < -0.39 is 0 Å². The number of nitrogens with zero attached hydrogens (tertiary/aromatic N) is 1. The number of hydrogen-bond acceptors (Lipinski definition) is 3. The minimum atomic E-state index is -0.0967. The Bertz CT molecular complexity index is 319. The molecule has 0 aliphatic heterocycles. The summed E-state index contributed by atoms with van der Waals surface area (Å²) in [4.78, 5) is 25.6. The fraction of sp³-hybridized carbons (Fsp3) is 0.857. The fourth-order valence-corrected chi connectivity index (χ4v) is 2.48. The molecule has 5 heteroatoms. The van der Waals surface area contributed by atoms with Crippen LogP contribution < -0.4 is 11.1 Å². The highest BCUT2D eigenvalue weighted by Gasteiger charge is 2.38. The third-order valence-electron chi connectivity index (χ3n) is 3.89. The Morgan fingerprint density at radius 1 is 1.37 bits per heavy atom. The predicted octanol–water partition coefficient (Wildman–Crippen LogP) is 0.879. The zero-order chi connectivity index (χ0) is 14.5. The Hall–Kier alpha value is -1.10. The molecule has 1 rings (SSSR count). The van der Waals surface area contributed by atoms with Gasteiger partial charge in [0.05, 0.1) is 6.54 Å². The average Bonchev–Trinajstić information content (AvgIpc) is 2.29. The van der Waals surface area contributed by atoms with Gasteiger partial charge in [0.25, 0.3) is 0 Å². The van der Waals surface area contributed by atoms with Crippen LogP contribution in [0.25, 0.3) is 0 Å². The first-order valence-corrected chi connectivity index (χ1v) is 7.19. The molecule has 3 N–H and O–H groups in total. The molecule has 1 aliphatic rings. The normalized spacial score (nSPS) is 16.9. The van der Waals surface area contributed by atoms with Crippen molar-refractivity contribution in [2.45, 2.75) is 52.5 Å². The molecule has 110 valence electrons. The minimum Gasteiger partial charge on any atom is -0.352 e. The molecule has 0 heterocycles. The van der Waals surface area contributed by atoms with E-state index in [9.17, 15) is 9.59 Å². The summed E-state index contributed by atoms with van der Waals surface area (Å²) in [5.74, 6) is -0.0489. The monoisotopic (exact) mass is 269 g/mol. The van der Waals surface area contributed by atoms with Crippen molar-refractivity contribution in [2.75, 3.05) is 19.6 Å². The van der Waals surface area contributed by atoms with Crippen molar-refractivity contribution in [3.8, 4) is 0 Å². The second-order valence-electron chi connectivity index (χ2n) is 5.86.